The van der Waals surface area contributed by atoms with Gasteiger partial charge in [0.1, 0.15) is 6.61 Å². The number of halogens is 1. The van der Waals surface area contributed by atoms with E-state index in [2.05, 4.69) is 22.6 Å². The van der Waals surface area contributed by atoms with Gasteiger partial charge in [0.2, 0.25) is 0 Å². The van der Waals surface area contributed by atoms with Crippen molar-refractivity contribution in [3.63, 3.8) is 0 Å². The van der Waals surface area contributed by atoms with Gasteiger partial charge in [-0.15, -0.1) is 0 Å². The highest BCUT2D eigenvalue weighted by Gasteiger charge is 2.35. The molecule has 2 heterocycles. The third kappa shape index (κ3) is 7.92. The lowest BCUT2D eigenvalue weighted by Gasteiger charge is -2.26. The van der Waals surface area contributed by atoms with Gasteiger partial charge >= 0.3 is 11.9 Å². The average Bonchev–Trinajstić information content (AvgIpc) is 3.50. The van der Waals surface area contributed by atoms with Crippen LogP contribution < -0.4 is 33.8 Å². The Morgan fingerprint density at radius 1 is 0.833 bits per heavy atom. The number of hydrogen-bond acceptors (Lipinski definition) is 11. The van der Waals surface area contributed by atoms with E-state index in [1.807, 2.05) is 48.5 Å². The molecule has 11 nitrogen and oxygen atoms in total. The second-order valence-corrected chi connectivity index (χ2v) is 14.0. The maximum Gasteiger partial charge on any atom is 0.338 e. The van der Waals surface area contributed by atoms with Gasteiger partial charge in [-0.25, -0.2) is 14.6 Å². The van der Waals surface area contributed by atoms with E-state index in [4.69, 9.17) is 33.4 Å². The third-order valence-corrected chi connectivity index (χ3v) is 10.3. The molecule has 5 aromatic rings. The number of thiazole rings is 1. The van der Waals surface area contributed by atoms with Crippen molar-refractivity contribution in [2.24, 2.45) is 4.99 Å². The van der Waals surface area contributed by atoms with E-state index in [0.717, 1.165) is 9.13 Å². The number of esters is 2. The van der Waals surface area contributed by atoms with Crippen LogP contribution in [0.25, 0.3) is 11.8 Å². The van der Waals surface area contributed by atoms with Crippen LogP contribution >= 0.6 is 33.9 Å². The molecule has 4 aromatic carbocycles. The molecule has 1 atom stereocenters. The second kappa shape index (κ2) is 17.2. The predicted molar refractivity (Wildman–Crippen MR) is 213 cm³/mol. The Hall–Kier alpha value is -5.41. The number of carbonyl (C=O) groups excluding carboxylic acids is 2. The van der Waals surface area contributed by atoms with E-state index in [9.17, 15) is 14.4 Å². The molecule has 54 heavy (non-hydrogen) atoms. The molecule has 1 aliphatic heterocycles. The summed E-state index contributed by atoms with van der Waals surface area (Å²) in [4.78, 5) is 45.7. The normalized spacial score (nSPS) is 13.8. The zero-order valence-electron chi connectivity index (χ0n) is 30.2. The minimum Gasteiger partial charge on any atom is -0.493 e. The lowest BCUT2D eigenvalue weighted by Crippen LogP contribution is -2.40. The van der Waals surface area contributed by atoms with Crippen LogP contribution in [0.3, 0.4) is 0 Å². The molecule has 0 spiro atoms. The molecule has 1 aliphatic rings. The lowest BCUT2D eigenvalue weighted by molar-refractivity contribution is -0.138. The topological polar surface area (TPSA) is 124 Å². The summed E-state index contributed by atoms with van der Waals surface area (Å²) in [6.45, 7) is 4.17. The van der Waals surface area contributed by atoms with E-state index in [1.165, 1.54) is 23.0 Å². The minimum atomic E-state index is -0.894. The molecule has 0 fully saturated rings. The van der Waals surface area contributed by atoms with Crippen molar-refractivity contribution in [1.29, 1.82) is 0 Å². The first-order chi connectivity index (χ1) is 26.2. The fraction of sp³-hybridized carbons (Fsp3) is 0.220. The van der Waals surface area contributed by atoms with Gasteiger partial charge in [-0.3, -0.25) is 9.36 Å². The molecule has 6 rings (SSSR count). The van der Waals surface area contributed by atoms with E-state index < -0.39 is 12.0 Å². The second-order valence-electron chi connectivity index (χ2n) is 11.8. The summed E-state index contributed by atoms with van der Waals surface area (Å²) in [6, 6.07) is 24.5. The molecule has 278 valence electrons. The van der Waals surface area contributed by atoms with Gasteiger partial charge < -0.3 is 28.4 Å². The molecule has 0 unspecified atom stereocenters. The summed E-state index contributed by atoms with van der Waals surface area (Å²) in [7, 11) is 4.62. The monoisotopic (exact) mass is 860 g/mol. The van der Waals surface area contributed by atoms with Crippen molar-refractivity contribution in [2.75, 3.05) is 34.5 Å². The number of ether oxygens (including phenoxy) is 6. The first-order valence-corrected chi connectivity index (χ1v) is 18.9. The van der Waals surface area contributed by atoms with Gasteiger partial charge in [0.25, 0.3) is 5.56 Å². The molecular formula is C41H37IN2O9S. The molecule has 0 bridgehead atoms. The van der Waals surface area contributed by atoms with E-state index in [1.54, 1.807) is 70.5 Å². The Morgan fingerprint density at radius 3 is 2.19 bits per heavy atom. The predicted octanol–water partition coefficient (Wildman–Crippen LogP) is 6.32. The van der Waals surface area contributed by atoms with Crippen molar-refractivity contribution >= 4 is 57.6 Å². The van der Waals surface area contributed by atoms with Gasteiger partial charge in [0.05, 0.1) is 65.5 Å². The molecule has 13 heteroatoms. The van der Waals surface area contributed by atoms with E-state index in [0.29, 0.717) is 66.9 Å². The summed E-state index contributed by atoms with van der Waals surface area (Å²) in [6.07, 6.45) is 1.77. The van der Waals surface area contributed by atoms with E-state index in [-0.39, 0.29) is 30.3 Å². The minimum absolute atomic E-state index is 0.134. The van der Waals surface area contributed by atoms with Crippen LogP contribution in [0.2, 0.25) is 0 Å². The van der Waals surface area contributed by atoms with Gasteiger partial charge in [-0.1, -0.05) is 59.9 Å². The summed E-state index contributed by atoms with van der Waals surface area (Å²) in [5.41, 5.74) is 3.63. The Balaban J connectivity index is 1.44. The van der Waals surface area contributed by atoms with Crippen LogP contribution in [0, 0.1) is 3.57 Å². The van der Waals surface area contributed by atoms with Crippen LogP contribution in [-0.2, 0) is 20.9 Å². The number of methoxy groups -OCH3 is 3. The molecule has 0 N–H and O–H groups in total. The van der Waals surface area contributed by atoms with Crippen LogP contribution in [-0.4, -0.2) is 51.0 Å². The molecule has 0 saturated carbocycles. The van der Waals surface area contributed by atoms with Crippen LogP contribution in [0.4, 0.5) is 0 Å². The average molecular weight is 861 g/mol. The number of nitrogens with zero attached hydrogens (tertiary/aromatic N) is 2. The summed E-state index contributed by atoms with van der Waals surface area (Å²) >= 11 is 3.39. The molecule has 0 aliphatic carbocycles. The molecule has 0 amide bonds. The Kier molecular flexibility index (Phi) is 12.2. The van der Waals surface area contributed by atoms with Crippen molar-refractivity contribution in [2.45, 2.75) is 26.5 Å². The van der Waals surface area contributed by atoms with Crippen LogP contribution in [0.1, 0.15) is 52.5 Å². The molecular weight excluding hydrogens is 823 g/mol. The zero-order valence-corrected chi connectivity index (χ0v) is 33.2. The molecule has 1 aromatic heterocycles. The Morgan fingerprint density at radius 2 is 1.52 bits per heavy atom. The van der Waals surface area contributed by atoms with Gasteiger partial charge in [0, 0.05) is 5.56 Å². The van der Waals surface area contributed by atoms with E-state index >= 15 is 0 Å². The smallest absolute Gasteiger partial charge is 0.338 e. The van der Waals surface area contributed by atoms with Crippen molar-refractivity contribution in [3.05, 3.63) is 142 Å². The molecule has 0 radical (unpaired) electrons. The number of carbonyl (C=O) groups is 2. The Labute approximate surface area is 329 Å². The lowest BCUT2D eigenvalue weighted by atomic mass is 9.93. The van der Waals surface area contributed by atoms with Gasteiger partial charge in [-0.2, -0.15) is 0 Å². The van der Waals surface area contributed by atoms with Crippen LogP contribution in [0.5, 0.6) is 23.0 Å². The largest absolute Gasteiger partial charge is 0.493 e. The SMILES string of the molecule is CCOC(=O)C1=C(c2ccccc2)N=c2s/c(=C\c3cc(I)c(OCc4ccc(C(=O)OCC)cc4)c(OC)c3)c(=O)n2[C@H]1c1ccc(OC)c(OC)c1. The number of aromatic nitrogens is 1. The quantitative estimate of drug-likeness (QED) is 0.0989. The fourth-order valence-electron chi connectivity index (χ4n) is 6.00. The maximum absolute atomic E-state index is 14.5. The van der Waals surface area contributed by atoms with Gasteiger partial charge in [0.15, 0.2) is 27.8 Å². The Bertz CT molecular complexity index is 2400. The number of hydrogen-bond donors (Lipinski definition) is 0. The molecule has 0 saturated heterocycles. The maximum atomic E-state index is 14.5. The first kappa shape index (κ1) is 38.3. The standard InChI is InChI=1S/C41H37IN2O9S/c1-6-51-39(46)27-15-13-24(14-16-27)23-53-37-29(42)19-25(20-32(37)50-5)21-33-38(45)44-36(28-17-18-30(48-3)31(22-28)49-4)34(40(47)52-7-2)35(43-41(44)54-33)26-11-9-8-10-12-26/h8-22,36H,6-7,23H2,1-5H3/b33-21-/t36-/m0/s1. The van der Waals surface area contributed by atoms with Crippen molar-refractivity contribution < 1.29 is 38.0 Å². The highest BCUT2D eigenvalue weighted by atomic mass is 127. The highest BCUT2D eigenvalue weighted by Crippen LogP contribution is 2.39. The van der Waals surface area contributed by atoms with Crippen LogP contribution in [0.15, 0.2) is 100 Å². The number of fused-ring (bicyclic) bond motifs is 1. The van der Waals surface area contributed by atoms with Crippen molar-refractivity contribution in [1.82, 2.24) is 4.57 Å². The van der Waals surface area contributed by atoms with Crippen molar-refractivity contribution in [3.8, 4) is 23.0 Å². The summed E-state index contributed by atoms with van der Waals surface area (Å²) in [5.74, 6) is 0.989. The third-order valence-electron chi connectivity index (χ3n) is 8.49. The highest BCUT2D eigenvalue weighted by molar-refractivity contribution is 14.1. The summed E-state index contributed by atoms with van der Waals surface area (Å²) < 4.78 is 36.4. The number of rotatable bonds is 13. The van der Waals surface area contributed by atoms with Gasteiger partial charge in [-0.05, 0) is 95.6 Å². The first-order valence-electron chi connectivity index (χ1n) is 17.0. The summed E-state index contributed by atoms with van der Waals surface area (Å²) in [5, 5.41) is 0. The fourth-order valence-corrected chi connectivity index (χ4v) is 7.78. The number of benzene rings is 4. The zero-order chi connectivity index (χ0) is 38.4.